The molecule has 0 atom stereocenters. The molecule has 1 rings (SSSR count). The Balaban J connectivity index is 2.63. The van der Waals surface area contributed by atoms with E-state index in [4.69, 9.17) is 17.3 Å². The summed E-state index contributed by atoms with van der Waals surface area (Å²) in [5.41, 5.74) is 6.08. The highest BCUT2D eigenvalue weighted by atomic mass is 35.5. The molecular formula is C10H16ClN3OS. The van der Waals surface area contributed by atoms with E-state index in [1.807, 2.05) is 24.1 Å². The van der Waals surface area contributed by atoms with Gasteiger partial charge in [0.1, 0.15) is 5.01 Å². The summed E-state index contributed by atoms with van der Waals surface area (Å²) in [5.74, 6) is 0.108. The third-order valence-electron chi connectivity index (χ3n) is 2.16. The standard InChI is InChI=1S/C10H16ClN3OS/c1-7(2)14(4-9(12)15)5-10-13-8(3-11)6-16-10/h6-7H,3-5H2,1-2H3,(H2,12,15). The Morgan fingerprint density at radius 2 is 2.38 bits per heavy atom. The van der Waals surface area contributed by atoms with Gasteiger partial charge in [-0.15, -0.1) is 22.9 Å². The van der Waals surface area contributed by atoms with Crippen molar-refractivity contribution in [2.45, 2.75) is 32.3 Å². The maximum atomic E-state index is 10.9. The second-order valence-corrected chi connectivity index (χ2v) is 5.04. The molecule has 0 aliphatic carbocycles. The topological polar surface area (TPSA) is 59.2 Å². The van der Waals surface area contributed by atoms with Gasteiger partial charge in [-0.3, -0.25) is 9.69 Å². The van der Waals surface area contributed by atoms with Crippen molar-refractivity contribution in [3.05, 3.63) is 16.1 Å². The Morgan fingerprint density at radius 1 is 1.69 bits per heavy atom. The van der Waals surface area contributed by atoms with E-state index in [1.54, 1.807) is 11.3 Å². The molecule has 0 saturated heterocycles. The molecule has 1 aromatic heterocycles. The van der Waals surface area contributed by atoms with Gasteiger partial charge in [-0.2, -0.15) is 0 Å². The van der Waals surface area contributed by atoms with Crippen LogP contribution < -0.4 is 5.73 Å². The minimum absolute atomic E-state index is 0.257. The molecule has 0 fully saturated rings. The molecule has 6 heteroatoms. The largest absolute Gasteiger partial charge is 0.369 e. The van der Waals surface area contributed by atoms with Crippen molar-refractivity contribution in [3.63, 3.8) is 0 Å². The fourth-order valence-electron chi connectivity index (χ4n) is 1.28. The summed E-state index contributed by atoms with van der Waals surface area (Å²) in [6, 6.07) is 0.260. The van der Waals surface area contributed by atoms with E-state index in [0.29, 0.717) is 12.4 Å². The average Bonchev–Trinajstić information content (AvgIpc) is 2.63. The van der Waals surface area contributed by atoms with Gasteiger partial charge in [0.2, 0.25) is 5.91 Å². The van der Waals surface area contributed by atoms with Crippen LogP contribution >= 0.6 is 22.9 Å². The van der Waals surface area contributed by atoms with Crippen LogP contribution in [0.15, 0.2) is 5.38 Å². The van der Waals surface area contributed by atoms with Crippen molar-refractivity contribution in [2.75, 3.05) is 6.54 Å². The third-order valence-corrected chi connectivity index (χ3v) is 3.32. The second-order valence-electron chi connectivity index (χ2n) is 3.83. The highest BCUT2D eigenvalue weighted by Crippen LogP contribution is 2.15. The maximum Gasteiger partial charge on any atom is 0.231 e. The van der Waals surface area contributed by atoms with Crippen molar-refractivity contribution in [2.24, 2.45) is 5.73 Å². The zero-order valence-electron chi connectivity index (χ0n) is 9.44. The number of amides is 1. The smallest absolute Gasteiger partial charge is 0.231 e. The Labute approximate surface area is 104 Å². The number of aromatic nitrogens is 1. The third kappa shape index (κ3) is 4.08. The molecule has 2 N–H and O–H groups in total. The lowest BCUT2D eigenvalue weighted by molar-refractivity contribution is -0.119. The van der Waals surface area contributed by atoms with E-state index in [9.17, 15) is 4.79 Å². The van der Waals surface area contributed by atoms with Gasteiger partial charge in [0.15, 0.2) is 0 Å². The van der Waals surface area contributed by atoms with E-state index in [2.05, 4.69) is 4.98 Å². The summed E-state index contributed by atoms with van der Waals surface area (Å²) in [4.78, 5) is 17.2. The fraction of sp³-hybridized carbons (Fsp3) is 0.600. The zero-order valence-corrected chi connectivity index (χ0v) is 11.0. The first-order chi connectivity index (χ1) is 7.52. The van der Waals surface area contributed by atoms with Gasteiger partial charge in [-0.1, -0.05) is 0 Å². The SMILES string of the molecule is CC(C)N(CC(N)=O)Cc1nc(CCl)cs1. The molecule has 0 spiro atoms. The van der Waals surface area contributed by atoms with Gasteiger partial charge in [-0.25, -0.2) is 4.98 Å². The molecule has 1 aromatic rings. The van der Waals surface area contributed by atoms with Crippen molar-refractivity contribution < 1.29 is 4.79 Å². The molecule has 0 aliphatic heterocycles. The van der Waals surface area contributed by atoms with Gasteiger partial charge in [0.05, 0.1) is 24.7 Å². The molecule has 0 radical (unpaired) electrons. The van der Waals surface area contributed by atoms with E-state index in [1.165, 1.54) is 0 Å². The highest BCUT2D eigenvalue weighted by molar-refractivity contribution is 7.09. The summed E-state index contributed by atoms with van der Waals surface area (Å²) in [6.07, 6.45) is 0. The Hall–Kier alpha value is -0.650. The van der Waals surface area contributed by atoms with Gasteiger partial charge < -0.3 is 5.73 Å². The van der Waals surface area contributed by atoms with Gasteiger partial charge >= 0.3 is 0 Å². The summed E-state index contributed by atoms with van der Waals surface area (Å²) < 4.78 is 0. The molecule has 0 bridgehead atoms. The van der Waals surface area contributed by atoms with Crippen molar-refractivity contribution >= 4 is 28.8 Å². The molecule has 4 nitrogen and oxygen atoms in total. The molecule has 1 amide bonds. The fourth-order valence-corrected chi connectivity index (χ4v) is 2.32. The lowest BCUT2D eigenvalue weighted by Gasteiger charge is -2.23. The van der Waals surface area contributed by atoms with Crippen LogP contribution in [-0.4, -0.2) is 28.4 Å². The zero-order chi connectivity index (χ0) is 12.1. The first-order valence-corrected chi connectivity index (χ1v) is 6.46. The van der Waals surface area contributed by atoms with E-state index < -0.39 is 0 Å². The number of halogens is 1. The number of carbonyl (C=O) groups is 1. The molecule has 1 heterocycles. The van der Waals surface area contributed by atoms with Gasteiger partial charge in [0, 0.05) is 11.4 Å². The number of alkyl halides is 1. The molecular weight excluding hydrogens is 246 g/mol. The number of nitrogens with two attached hydrogens (primary N) is 1. The number of carbonyl (C=O) groups excluding carboxylic acids is 1. The van der Waals surface area contributed by atoms with Crippen LogP contribution in [0.3, 0.4) is 0 Å². The molecule has 0 saturated carbocycles. The molecule has 90 valence electrons. The van der Waals surface area contributed by atoms with Crippen LogP contribution in [0.25, 0.3) is 0 Å². The van der Waals surface area contributed by atoms with Gasteiger partial charge in [-0.05, 0) is 13.8 Å². The molecule has 0 unspecified atom stereocenters. The summed E-state index contributed by atoms with van der Waals surface area (Å²) >= 11 is 7.24. The number of rotatable bonds is 6. The number of nitrogens with zero attached hydrogens (tertiary/aromatic N) is 2. The average molecular weight is 262 g/mol. The van der Waals surface area contributed by atoms with Crippen molar-refractivity contribution in [1.82, 2.24) is 9.88 Å². The molecule has 0 aliphatic rings. The Morgan fingerprint density at radius 3 is 2.81 bits per heavy atom. The lowest BCUT2D eigenvalue weighted by atomic mass is 10.3. The molecule has 16 heavy (non-hydrogen) atoms. The van der Waals surface area contributed by atoms with Crippen molar-refractivity contribution in [1.29, 1.82) is 0 Å². The monoisotopic (exact) mass is 261 g/mol. The second kappa shape index (κ2) is 6.18. The Kier molecular flexibility index (Phi) is 5.18. The van der Waals surface area contributed by atoms with Crippen LogP contribution in [-0.2, 0) is 17.2 Å². The van der Waals surface area contributed by atoms with E-state index in [-0.39, 0.29) is 18.5 Å². The van der Waals surface area contributed by atoms with E-state index in [0.717, 1.165) is 10.7 Å². The first kappa shape index (κ1) is 13.4. The first-order valence-electron chi connectivity index (χ1n) is 5.04. The van der Waals surface area contributed by atoms with Crippen LogP contribution in [0.4, 0.5) is 0 Å². The van der Waals surface area contributed by atoms with Gasteiger partial charge in [0.25, 0.3) is 0 Å². The van der Waals surface area contributed by atoms with Crippen LogP contribution in [0.5, 0.6) is 0 Å². The number of hydrogen-bond donors (Lipinski definition) is 1. The van der Waals surface area contributed by atoms with Crippen LogP contribution in [0.2, 0.25) is 0 Å². The predicted octanol–water partition coefficient (Wildman–Crippen LogP) is 1.58. The highest BCUT2D eigenvalue weighted by Gasteiger charge is 2.14. The number of hydrogen-bond acceptors (Lipinski definition) is 4. The quantitative estimate of drug-likeness (QED) is 0.791. The van der Waals surface area contributed by atoms with Crippen LogP contribution in [0, 0.1) is 0 Å². The van der Waals surface area contributed by atoms with E-state index >= 15 is 0 Å². The Bertz CT molecular complexity index is 354. The normalized spacial score (nSPS) is 11.3. The summed E-state index contributed by atoms with van der Waals surface area (Å²) in [6.45, 7) is 4.95. The summed E-state index contributed by atoms with van der Waals surface area (Å²) in [7, 11) is 0. The number of thiazole rings is 1. The molecule has 0 aromatic carbocycles. The number of primary amides is 1. The predicted molar refractivity (Wildman–Crippen MR) is 66.4 cm³/mol. The lowest BCUT2D eigenvalue weighted by Crippen LogP contribution is -2.37. The van der Waals surface area contributed by atoms with Crippen LogP contribution in [0.1, 0.15) is 24.5 Å². The summed E-state index contributed by atoms with van der Waals surface area (Å²) in [5, 5.41) is 2.90. The minimum Gasteiger partial charge on any atom is -0.369 e. The minimum atomic E-state index is -0.317. The maximum absolute atomic E-state index is 10.9. The van der Waals surface area contributed by atoms with Crippen molar-refractivity contribution in [3.8, 4) is 0 Å².